The van der Waals surface area contributed by atoms with Crippen molar-refractivity contribution in [3.8, 4) is 11.4 Å². The monoisotopic (exact) mass is 369 g/mol. The van der Waals surface area contributed by atoms with Crippen LogP contribution in [0.3, 0.4) is 0 Å². The Hall–Kier alpha value is -2.73. The molecule has 1 heterocycles. The predicted molar refractivity (Wildman–Crippen MR) is 100 cm³/mol. The van der Waals surface area contributed by atoms with Crippen molar-refractivity contribution in [1.29, 1.82) is 0 Å². The van der Waals surface area contributed by atoms with E-state index in [1.165, 1.54) is 4.80 Å². The van der Waals surface area contributed by atoms with E-state index in [1.807, 2.05) is 42.5 Å². The molecule has 0 radical (unpaired) electrons. The van der Waals surface area contributed by atoms with E-state index >= 15 is 0 Å². The molecule has 134 valence electrons. The van der Waals surface area contributed by atoms with Gasteiger partial charge in [-0.1, -0.05) is 67.4 Å². The molecule has 26 heavy (non-hydrogen) atoms. The van der Waals surface area contributed by atoms with Crippen LogP contribution < -0.4 is 5.32 Å². The Balaban J connectivity index is 1.66. The van der Waals surface area contributed by atoms with Crippen LogP contribution in [0.4, 0.5) is 0 Å². The molecule has 0 bridgehead atoms. The lowest BCUT2D eigenvalue weighted by atomic mass is 10.0. The zero-order chi connectivity index (χ0) is 18.4. The molecule has 0 aliphatic rings. The Bertz CT molecular complexity index is 865. The van der Waals surface area contributed by atoms with Gasteiger partial charge in [-0.25, -0.2) is 0 Å². The highest BCUT2D eigenvalue weighted by Gasteiger charge is 2.15. The van der Waals surface area contributed by atoms with Crippen LogP contribution in [-0.2, 0) is 11.3 Å². The fourth-order valence-corrected chi connectivity index (χ4v) is 2.91. The summed E-state index contributed by atoms with van der Waals surface area (Å²) in [7, 11) is 0. The molecule has 2 aromatic carbocycles. The number of nitrogens with one attached hydrogen (secondary N) is 1. The van der Waals surface area contributed by atoms with Crippen molar-refractivity contribution in [1.82, 2.24) is 25.5 Å². The number of benzene rings is 2. The number of nitrogens with zero attached hydrogens (tertiary/aromatic N) is 4. The number of halogens is 1. The quantitative estimate of drug-likeness (QED) is 0.690. The number of carbonyl (C=O) groups is 1. The van der Waals surface area contributed by atoms with Gasteiger partial charge in [-0.05, 0) is 29.3 Å². The number of aromatic nitrogens is 4. The fraction of sp³-hybridized carbons (Fsp3) is 0.263. The van der Waals surface area contributed by atoms with E-state index in [4.69, 9.17) is 11.6 Å². The first-order valence-corrected chi connectivity index (χ1v) is 8.91. The molecule has 1 aromatic heterocycles. The molecule has 0 unspecified atom stereocenters. The lowest BCUT2D eigenvalue weighted by molar-refractivity contribution is -0.122. The number of hydrogen-bond acceptors (Lipinski definition) is 4. The van der Waals surface area contributed by atoms with Crippen LogP contribution in [0.15, 0.2) is 54.6 Å². The average molecular weight is 370 g/mol. The molecule has 3 aromatic rings. The fourth-order valence-electron chi connectivity index (χ4n) is 2.72. The van der Waals surface area contributed by atoms with Crippen LogP contribution in [0, 0.1) is 0 Å². The Labute approximate surface area is 157 Å². The smallest absolute Gasteiger partial charge is 0.244 e. The molecule has 0 spiro atoms. The maximum Gasteiger partial charge on any atom is 0.244 e. The van der Waals surface area contributed by atoms with Crippen LogP contribution in [0.2, 0.25) is 5.02 Å². The molecule has 0 aliphatic heterocycles. The standard InChI is InChI=1S/C19H20ClN5O/c1-2-7-17(14-8-4-3-5-9-14)21-18(26)13-25-23-19(22-24-25)15-10-6-11-16(20)12-15/h3-6,8-12,17H,2,7,13H2,1H3,(H,21,26)/t17-/m0/s1. The number of tetrazole rings is 1. The summed E-state index contributed by atoms with van der Waals surface area (Å²) in [6, 6.07) is 17.1. The summed E-state index contributed by atoms with van der Waals surface area (Å²) in [6.07, 6.45) is 1.84. The molecule has 0 aliphatic carbocycles. The lowest BCUT2D eigenvalue weighted by Crippen LogP contribution is -2.32. The maximum atomic E-state index is 12.4. The van der Waals surface area contributed by atoms with Gasteiger partial charge >= 0.3 is 0 Å². The van der Waals surface area contributed by atoms with Gasteiger partial charge in [-0.3, -0.25) is 4.79 Å². The highest BCUT2D eigenvalue weighted by molar-refractivity contribution is 6.30. The normalized spacial score (nSPS) is 11.9. The van der Waals surface area contributed by atoms with Gasteiger partial charge in [0.05, 0.1) is 6.04 Å². The molecule has 1 amide bonds. The Kier molecular flexibility index (Phi) is 5.96. The third kappa shape index (κ3) is 4.67. The van der Waals surface area contributed by atoms with E-state index in [0.29, 0.717) is 10.8 Å². The topological polar surface area (TPSA) is 72.7 Å². The summed E-state index contributed by atoms with van der Waals surface area (Å²) in [5.74, 6) is 0.288. The molecule has 0 fully saturated rings. The molecule has 7 heteroatoms. The largest absolute Gasteiger partial charge is 0.348 e. The highest BCUT2D eigenvalue weighted by Crippen LogP contribution is 2.19. The zero-order valence-corrected chi connectivity index (χ0v) is 15.2. The van der Waals surface area contributed by atoms with Gasteiger partial charge in [0.1, 0.15) is 6.54 Å². The summed E-state index contributed by atoms with van der Waals surface area (Å²) in [5, 5.41) is 15.9. The molecule has 3 rings (SSSR count). The summed E-state index contributed by atoms with van der Waals surface area (Å²) in [4.78, 5) is 13.7. The van der Waals surface area contributed by atoms with Crippen LogP contribution in [0.1, 0.15) is 31.4 Å². The number of amides is 1. The van der Waals surface area contributed by atoms with Gasteiger partial charge in [-0.2, -0.15) is 4.80 Å². The van der Waals surface area contributed by atoms with E-state index in [2.05, 4.69) is 27.7 Å². The van der Waals surface area contributed by atoms with Crippen LogP contribution >= 0.6 is 11.6 Å². The Morgan fingerprint density at radius 1 is 1.19 bits per heavy atom. The SMILES string of the molecule is CCC[C@H](NC(=O)Cn1nnc(-c2cccc(Cl)c2)n1)c1ccccc1. The lowest BCUT2D eigenvalue weighted by Gasteiger charge is -2.18. The second-order valence-electron chi connectivity index (χ2n) is 5.97. The van der Waals surface area contributed by atoms with Gasteiger partial charge in [0, 0.05) is 10.6 Å². The molecule has 0 saturated carbocycles. The Morgan fingerprint density at radius 2 is 2.00 bits per heavy atom. The zero-order valence-electron chi connectivity index (χ0n) is 14.5. The van der Waals surface area contributed by atoms with Crippen molar-refractivity contribution in [3.63, 3.8) is 0 Å². The van der Waals surface area contributed by atoms with E-state index in [9.17, 15) is 4.79 Å². The van der Waals surface area contributed by atoms with Gasteiger partial charge in [-0.15, -0.1) is 10.2 Å². The summed E-state index contributed by atoms with van der Waals surface area (Å²) in [6.45, 7) is 2.11. The maximum absolute atomic E-state index is 12.4. The van der Waals surface area contributed by atoms with Crippen molar-refractivity contribution >= 4 is 17.5 Å². The highest BCUT2D eigenvalue weighted by atomic mass is 35.5. The van der Waals surface area contributed by atoms with Crippen molar-refractivity contribution in [2.24, 2.45) is 0 Å². The van der Waals surface area contributed by atoms with Gasteiger partial charge in [0.15, 0.2) is 0 Å². The molecular formula is C19H20ClN5O. The molecule has 6 nitrogen and oxygen atoms in total. The van der Waals surface area contributed by atoms with Crippen molar-refractivity contribution < 1.29 is 4.79 Å². The van der Waals surface area contributed by atoms with E-state index in [1.54, 1.807) is 12.1 Å². The second kappa shape index (κ2) is 8.58. The van der Waals surface area contributed by atoms with Crippen molar-refractivity contribution in [2.45, 2.75) is 32.4 Å². The van der Waals surface area contributed by atoms with Gasteiger partial charge in [0.2, 0.25) is 11.7 Å². The first kappa shape index (κ1) is 18.1. The molecular weight excluding hydrogens is 350 g/mol. The van der Waals surface area contributed by atoms with E-state index < -0.39 is 0 Å². The first-order valence-electron chi connectivity index (χ1n) is 8.53. The van der Waals surface area contributed by atoms with Crippen molar-refractivity contribution in [3.05, 3.63) is 65.2 Å². The van der Waals surface area contributed by atoms with Gasteiger partial charge in [0.25, 0.3) is 0 Å². The minimum atomic E-state index is -0.151. The summed E-state index contributed by atoms with van der Waals surface area (Å²) >= 11 is 5.98. The molecule has 1 atom stereocenters. The van der Waals surface area contributed by atoms with E-state index in [0.717, 1.165) is 24.0 Å². The minimum Gasteiger partial charge on any atom is -0.348 e. The van der Waals surface area contributed by atoms with Crippen LogP contribution in [-0.4, -0.2) is 26.1 Å². The summed E-state index contributed by atoms with van der Waals surface area (Å²) in [5.41, 5.74) is 1.85. The second-order valence-corrected chi connectivity index (χ2v) is 6.41. The minimum absolute atomic E-state index is 0.0145. The predicted octanol–water partition coefficient (Wildman–Crippen LogP) is 3.65. The first-order chi connectivity index (χ1) is 12.7. The van der Waals surface area contributed by atoms with Crippen LogP contribution in [0.5, 0.6) is 0 Å². The van der Waals surface area contributed by atoms with Crippen molar-refractivity contribution in [2.75, 3.05) is 0 Å². The Morgan fingerprint density at radius 3 is 2.73 bits per heavy atom. The number of rotatable bonds is 7. The van der Waals surface area contributed by atoms with Gasteiger partial charge < -0.3 is 5.32 Å². The average Bonchev–Trinajstić information content (AvgIpc) is 3.10. The van der Waals surface area contributed by atoms with Crippen LogP contribution in [0.25, 0.3) is 11.4 Å². The third-order valence-electron chi connectivity index (χ3n) is 3.94. The molecule has 1 N–H and O–H groups in total. The van der Waals surface area contributed by atoms with E-state index in [-0.39, 0.29) is 18.5 Å². The third-order valence-corrected chi connectivity index (χ3v) is 4.17. The summed E-state index contributed by atoms with van der Waals surface area (Å²) < 4.78 is 0. The molecule has 0 saturated heterocycles. The number of carbonyl (C=O) groups excluding carboxylic acids is 1. The number of hydrogen-bond donors (Lipinski definition) is 1.